The Morgan fingerprint density at radius 2 is 1.78 bits per heavy atom. The highest BCUT2D eigenvalue weighted by molar-refractivity contribution is 6.44. The van der Waals surface area contributed by atoms with Crippen molar-refractivity contribution in [2.75, 3.05) is 5.32 Å². The van der Waals surface area contributed by atoms with E-state index in [9.17, 15) is 0 Å². The third-order valence-corrected chi connectivity index (χ3v) is 3.55. The number of aromatic nitrogens is 1. The number of nitrogens with zero attached hydrogens (tertiary/aromatic N) is 1. The van der Waals surface area contributed by atoms with Crippen LogP contribution in [0, 0.1) is 13.8 Å². The van der Waals surface area contributed by atoms with Gasteiger partial charge in [-0.05, 0) is 26.0 Å². The van der Waals surface area contributed by atoms with Crippen LogP contribution in [-0.4, -0.2) is 4.98 Å². The monoisotopic (exact) mass is 304 g/mol. The van der Waals surface area contributed by atoms with Crippen LogP contribution in [0.4, 0.5) is 5.69 Å². The molecule has 1 aromatic carbocycles. The fraction of sp³-hybridized carbons (Fsp3) is 0.250. The van der Waals surface area contributed by atoms with Crippen LogP contribution in [-0.2, 0) is 6.54 Å². The van der Waals surface area contributed by atoms with Gasteiger partial charge in [0.05, 0.1) is 33.0 Å². The number of anilines is 1. The molecule has 0 unspecified atom stereocenters. The molecule has 0 aliphatic carbocycles. The molecule has 2 rings (SSSR count). The summed E-state index contributed by atoms with van der Waals surface area (Å²) in [6.07, 6.45) is 0. The molecule has 0 atom stereocenters. The minimum atomic E-state index is 0.426. The average Bonchev–Trinajstić information content (AvgIpc) is 2.62. The SMILES string of the molecule is Cc1nc(CNc2cc(Cl)c(Cl)cc2Cl)oc1C. The summed E-state index contributed by atoms with van der Waals surface area (Å²) in [4.78, 5) is 4.26. The van der Waals surface area contributed by atoms with E-state index in [0.29, 0.717) is 33.2 Å². The molecular weight excluding hydrogens is 295 g/mol. The van der Waals surface area contributed by atoms with Crippen LogP contribution in [0.3, 0.4) is 0 Å². The van der Waals surface area contributed by atoms with E-state index in [1.165, 1.54) is 0 Å². The first kappa shape index (κ1) is 13.5. The lowest BCUT2D eigenvalue weighted by Crippen LogP contribution is -2.00. The molecule has 0 saturated carbocycles. The maximum atomic E-state index is 6.05. The normalized spacial score (nSPS) is 10.7. The molecular formula is C12H11Cl3N2O. The first-order chi connectivity index (χ1) is 8.47. The summed E-state index contributed by atoms with van der Waals surface area (Å²) < 4.78 is 5.45. The first-order valence-electron chi connectivity index (χ1n) is 5.28. The zero-order chi connectivity index (χ0) is 13.3. The number of hydrogen-bond donors (Lipinski definition) is 1. The lowest BCUT2D eigenvalue weighted by Gasteiger charge is -2.07. The topological polar surface area (TPSA) is 38.1 Å². The van der Waals surface area contributed by atoms with Crippen LogP contribution in [0.1, 0.15) is 17.3 Å². The van der Waals surface area contributed by atoms with E-state index in [-0.39, 0.29) is 0 Å². The molecule has 1 heterocycles. The van der Waals surface area contributed by atoms with Gasteiger partial charge in [0.25, 0.3) is 0 Å². The molecule has 0 fully saturated rings. The third kappa shape index (κ3) is 2.91. The van der Waals surface area contributed by atoms with Crippen molar-refractivity contribution in [2.24, 2.45) is 0 Å². The van der Waals surface area contributed by atoms with Gasteiger partial charge in [0.15, 0.2) is 0 Å². The molecule has 2 aromatic rings. The fourth-order valence-electron chi connectivity index (χ4n) is 1.44. The molecule has 0 aliphatic heterocycles. The number of oxazole rings is 1. The second-order valence-electron chi connectivity index (χ2n) is 3.85. The molecule has 3 nitrogen and oxygen atoms in total. The van der Waals surface area contributed by atoms with Gasteiger partial charge in [-0.2, -0.15) is 0 Å². The minimum Gasteiger partial charge on any atom is -0.444 e. The molecule has 0 saturated heterocycles. The van der Waals surface area contributed by atoms with Crippen molar-refractivity contribution in [3.05, 3.63) is 44.5 Å². The summed E-state index contributed by atoms with van der Waals surface area (Å²) in [7, 11) is 0. The number of rotatable bonds is 3. The molecule has 1 N–H and O–H groups in total. The predicted octanol–water partition coefficient (Wildman–Crippen LogP) is 4.86. The van der Waals surface area contributed by atoms with Crippen LogP contribution in [0.2, 0.25) is 15.1 Å². The second kappa shape index (κ2) is 5.39. The summed E-state index contributed by atoms with van der Waals surface area (Å²) >= 11 is 17.8. The predicted molar refractivity (Wildman–Crippen MR) is 74.8 cm³/mol. The van der Waals surface area contributed by atoms with E-state index >= 15 is 0 Å². The van der Waals surface area contributed by atoms with Crippen molar-refractivity contribution in [1.29, 1.82) is 0 Å². The van der Waals surface area contributed by atoms with Gasteiger partial charge in [-0.1, -0.05) is 34.8 Å². The van der Waals surface area contributed by atoms with Crippen molar-refractivity contribution in [2.45, 2.75) is 20.4 Å². The van der Waals surface area contributed by atoms with E-state index in [0.717, 1.165) is 11.5 Å². The largest absolute Gasteiger partial charge is 0.444 e. The van der Waals surface area contributed by atoms with Crippen molar-refractivity contribution >= 4 is 40.5 Å². The van der Waals surface area contributed by atoms with Crippen molar-refractivity contribution < 1.29 is 4.42 Å². The molecule has 0 amide bonds. The van der Waals surface area contributed by atoms with Gasteiger partial charge in [-0.25, -0.2) is 4.98 Å². The molecule has 0 radical (unpaired) electrons. The standard InChI is InChI=1S/C12H11Cl3N2O/c1-6-7(2)18-12(17-6)5-16-11-4-9(14)8(13)3-10(11)15/h3-4,16H,5H2,1-2H3. The van der Waals surface area contributed by atoms with Crippen LogP contribution < -0.4 is 5.32 Å². The van der Waals surface area contributed by atoms with Gasteiger partial charge in [-0.15, -0.1) is 0 Å². The first-order valence-corrected chi connectivity index (χ1v) is 6.42. The van der Waals surface area contributed by atoms with E-state index in [2.05, 4.69) is 10.3 Å². The molecule has 96 valence electrons. The second-order valence-corrected chi connectivity index (χ2v) is 5.07. The maximum Gasteiger partial charge on any atom is 0.213 e. The Bertz CT molecular complexity index is 561. The van der Waals surface area contributed by atoms with Crippen molar-refractivity contribution in [1.82, 2.24) is 4.98 Å². The van der Waals surface area contributed by atoms with E-state index in [1.807, 2.05) is 13.8 Å². The molecule has 1 aromatic heterocycles. The summed E-state index contributed by atoms with van der Waals surface area (Å²) in [6, 6.07) is 3.27. The molecule has 0 aliphatic rings. The number of nitrogens with one attached hydrogen (secondary N) is 1. The Morgan fingerprint density at radius 3 is 2.39 bits per heavy atom. The number of aryl methyl sites for hydroxylation is 2. The van der Waals surface area contributed by atoms with Crippen LogP contribution in [0.25, 0.3) is 0 Å². The summed E-state index contributed by atoms with van der Waals surface area (Å²) in [6.45, 7) is 4.21. The highest BCUT2D eigenvalue weighted by Gasteiger charge is 2.08. The van der Waals surface area contributed by atoms with Crippen LogP contribution in [0.15, 0.2) is 16.5 Å². The van der Waals surface area contributed by atoms with Gasteiger partial charge < -0.3 is 9.73 Å². The van der Waals surface area contributed by atoms with Gasteiger partial charge in [0, 0.05) is 0 Å². The Labute approximate surface area is 120 Å². The highest BCUT2D eigenvalue weighted by Crippen LogP contribution is 2.32. The Morgan fingerprint density at radius 1 is 1.11 bits per heavy atom. The summed E-state index contributed by atoms with van der Waals surface area (Å²) in [5.41, 5.74) is 1.58. The summed E-state index contributed by atoms with van der Waals surface area (Å²) in [5, 5.41) is 4.48. The van der Waals surface area contributed by atoms with E-state index in [4.69, 9.17) is 39.2 Å². The highest BCUT2D eigenvalue weighted by atomic mass is 35.5. The Hall–Kier alpha value is -0.900. The van der Waals surface area contributed by atoms with E-state index in [1.54, 1.807) is 12.1 Å². The fourth-order valence-corrected chi connectivity index (χ4v) is 2.06. The maximum absolute atomic E-state index is 6.05. The third-order valence-electron chi connectivity index (χ3n) is 2.51. The number of hydrogen-bond acceptors (Lipinski definition) is 3. The van der Waals surface area contributed by atoms with Crippen molar-refractivity contribution in [3.63, 3.8) is 0 Å². The lowest BCUT2D eigenvalue weighted by atomic mass is 10.3. The van der Waals surface area contributed by atoms with Gasteiger partial charge >= 0.3 is 0 Å². The average molecular weight is 306 g/mol. The van der Waals surface area contributed by atoms with E-state index < -0.39 is 0 Å². The van der Waals surface area contributed by atoms with Gasteiger partial charge in [0.2, 0.25) is 5.89 Å². The molecule has 0 spiro atoms. The molecule has 18 heavy (non-hydrogen) atoms. The quantitative estimate of drug-likeness (QED) is 0.823. The zero-order valence-electron chi connectivity index (χ0n) is 9.85. The van der Waals surface area contributed by atoms with Crippen molar-refractivity contribution in [3.8, 4) is 0 Å². The van der Waals surface area contributed by atoms with Gasteiger partial charge in [-0.3, -0.25) is 0 Å². The van der Waals surface area contributed by atoms with Gasteiger partial charge in [0.1, 0.15) is 5.76 Å². The molecule has 0 bridgehead atoms. The minimum absolute atomic E-state index is 0.426. The lowest BCUT2D eigenvalue weighted by molar-refractivity contribution is 0.478. The Balaban J connectivity index is 2.13. The summed E-state index contributed by atoms with van der Waals surface area (Å²) in [5.74, 6) is 1.42. The Kier molecular flexibility index (Phi) is 4.05. The van der Waals surface area contributed by atoms with Crippen LogP contribution >= 0.6 is 34.8 Å². The zero-order valence-corrected chi connectivity index (χ0v) is 12.1. The number of benzene rings is 1. The molecule has 6 heteroatoms. The smallest absolute Gasteiger partial charge is 0.213 e. The number of halogens is 3. The van der Waals surface area contributed by atoms with Crippen LogP contribution in [0.5, 0.6) is 0 Å².